The van der Waals surface area contributed by atoms with Gasteiger partial charge in [-0.15, -0.1) is 10.2 Å². The molecule has 0 spiro atoms. The summed E-state index contributed by atoms with van der Waals surface area (Å²) in [6, 6.07) is 1.75. The van der Waals surface area contributed by atoms with Crippen LogP contribution >= 0.6 is 11.6 Å². The molecule has 17 heavy (non-hydrogen) atoms. The minimum atomic E-state index is 0.422. The van der Waals surface area contributed by atoms with Crippen molar-refractivity contribution in [2.75, 3.05) is 6.54 Å². The number of halogens is 1. The fourth-order valence-corrected chi connectivity index (χ4v) is 1.55. The normalized spacial score (nSPS) is 10.7. The van der Waals surface area contributed by atoms with Crippen LogP contribution in [-0.4, -0.2) is 21.7 Å². The van der Waals surface area contributed by atoms with Crippen LogP contribution in [0.15, 0.2) is 22.9 Å². The molecule has 5 nitrogen and oxygen atoms in total. The van der Waals surface area contributed by atoms with Gasteiger partial charge in [0.05, 0.1) is 17.1 Å². The van der Waals surface area contributed by atoms with Crippen LogP contribution in [0, 0.1) is 0 Å². The first-order chi connectivity index (χ1) is 8.31. The molecule has 2 aromatic heterocycles. The Morgan fingerprint density at radius 1 is 1.41 bits per heavy atom. The van der Waals surface area contributed by atoms with Crippen LogP contribution in [0.2, 0.25) is 5.02 Å². The van der Waals surface area contributed by atoms with Crippen LogP contribution in [0.25, 0.3) is 11.5 Å². The highest BCUT2D eigenvalue weighted by Crippen LogP contribution is 2.25. The van der Waals surface area contributed by atoms with Crippen molar-refractivity contribution < 1.29 is 4.42 Å². The van der Waals surface area contributed by atoms with Crippen molar-refractivity contribution in [3.63, 3.8) is 0 Å². The summed E-state index contributed by atoms with van der Waals surface area (Å²) in [4.78, 5) is 3.90. The smallest absolute Gasteiger partial charge is 0.249 e. The molecule has 6 heteroatoms. The second-order valence-corrected chi connectivity index (χ2v) is 3.94. The molecule has 0 atom stereocenters. The van der Waals surface area contributed by atoms with Crippen molar-refractivity contribution in [1.29, 1.82) is 0 Å². The lowest BCUT2D eigenvalue weighted by Gasteiger charge is -1.98. The Bertz CT molecular complexity index is 486. The fourth-order valence-electron chi connectivity index (χ4n) is 1.35. The summed E-state index contributed by atoms with van der Waals surface area (Å²) in [5.41, 5.74) is 0.705. The van der Waals surface area contributed by atoms with E-state index in [0.717, 1.165) is 13.0 Å². The first kappa shape index (κ1) is 12.0. The highest BCUT2D eigenvalue weighted by molar-refractivity contribution is 6.32. The summed E-state index contributed by atoms with van der Waals surface area (Å²) < 4.78 is 5.50. The Labute approximate surface area is 104 Å². The number of nitrogens with zero attached hydrogens (tertiary/aromatic N) is 3. The van der Waals surface area contributed by atoms with Gasteiger partial charge in [0.15, 0.2) is 0 Å². The molecule has 90 valence electrons. The number of pyridine rings is 1. The average molecular weight is 253 g/mol. The molecule has 0 aliphatic heterocycles. The van der Waals surface area contributed by atoms with E-state index in [1.54, 1.807) is 18.5 Å². The number of hydrogen-bond donors (Lipinski definition) is 1. The maximum atomic E-state index is 5.99. The van der Waals surface area contributed by atoms with E-state index in [0.29, 0.717) is 28.9 Å². The van der Waals surface area contributed by atoms with Gasteiger partial charge in [-0.1, -0.05) is 18.5 Å². The number of rotatable bonds is 5. The van der Waals surface area contributed by atoms with Gasteiger partial charge in [-0.25, -0.2) is 0 Å². The van der Waals surface area contributed by atoms with Gasteiger partial charge < -0.3 is 9.73 Å². The summed E-state index contributed by atoms with van der Waals surface area (Å²) in [6.45, 7) is 3.60. The lowest BCUT2D eigenvalue weighted by molar-refractivity contribution is 0.477. The van der Waals surface area contributed by atoms with E-state index >= 15 is 0 Å². The largest absolute Gasteiger partial charge is 0.419 e. The molecule has 0 aromatic carbocycles. The van der Waals surface area contributed by atoms with E-state index in [-0.39, 0.29) is 0 Å². The monoisotopic (exact) mass is 252 g/mol. The predicted molar refractivity (Wildman–Crippen MR) is 64.5 cm³/mol. The van der Waals surface area contributed by atoms with Gasteiger partial charge in [0, 0.05) is 12.4 Å². The van der Waals surface area contributed by atoms with Gasteiger partial charge in [-0.2, -0.15) is 0 Å². The number of nitrogens with one attached hydrogen (secondary N) is 1. The highest BCUT2D eigenvalue weighted by atomic mass is 35.5. The zero-order valence-electron chi connectivity index (χ0n) is 9.48. The summed E-state index contributed by atoms with van der Waals surface area (Å²) in [5.74, 6) is 0.979. The van der Waals surface area contributed by atoms with Crippen LogP contribution < -0.4 is 5.32 Å². The third-order valence-corrected chi connectivity index (χ3v) is 2.47. The molecule has 0 saturated carbocycles. The first-order valence-corrected chi connectivity index (χ1v) is 5.82. The number of aromatic nitrogens is 3. The third-order valence-electron chi connectivity index (χ3n) is 2.17. The Morgan fingerprint density at radius 2 is 2.29 bits per heavy atom. The van der Waals surface area contributed by atoms with Gasteiger partial charge in [0.2, 0.25) is 11.8 Å². The van der Waals surface area contributed by atoms with Gasteiger partial charge >= 0.3 is 0 Å². The molecular weight excluding hydrogens is 240 g/mol. The van der Waals surface area contributed by atoms with Crippen LogP contribution in [0.3, 0.4) is 0 Å². The van der Waals surface area contributed by atoms with Gasteiger partial charge in [-0.3, -0.25) is 4.98 Å². The van der Waals surface area contributed by atoms with Crippen molar-refractivity contribution in [3.05, 3.63) is 29.4 Å². The summed E-state index contributed by atoms with van der Waals surface area (Å²) in [7, 11) is 0. The molecule has 0 saturated heterocycles. The Morgan fingerprint density at radius 3 is 3.06 bits per heavy atom. The van der Waals surface area contributed by atoms with Crippen LogP contribution in [-0.2, 0) is 6.54 Å². The quantitative estimate of drug-likeness (QED) is 0.827. The maximum Gasteiger partial charge on any atom is 0.249 e. The lowest BCUT2D eigenvalue weighted by atomic mass is 10.3. The van der Waals surface area contributed by atoms with Crippen LogP contribution in [0.5, 0.6) is 0 Å². The molecule has 2 rings (SSSR count). The molecule has 0 unspecified atom stereocenters. The Hall–Kier alpha value is -1.46. The van der Waals surface area contributed by atoms with E-state index < -0.39 is 0 Å². The maximum absolute atomic E-state index is 5.99. The minimum Gasteiger partial charge on any atom is -0.419 e. The van der Waals surface area contributed by atoms with Gasteiger partial charge in [-0.05, 0) is 19.0 Å². The van der Waals surface area contributed by atoms with E-state index in [9.17, 15) is 0 Å². The summed E-state index contributed by atoms with van der Waals surface area (Å²) in [5, 5.41) is 11.6. The lowest BCUT2D eigenvalue weighted by Crippen LogP contribution is -2.13. The molecule has 0 amide bonds. The molecule has 0 fully saturated rings. The zero-order valence-corrected chi connectivity index (χ0v) is 10.2. The van der Waals surface area contributed by atoms with Gasteiger partial charge in [0.1, 0.15) is 0 Å². The minimum absolute atomic E-state index is 0.422. The van der Waals surface area contributed by atoms with Crippen LogP contribution in [0.1, 0.15) is 19.2 Å². The van der Waals surface area contributed by atoms with E-state index in [1.165, 1.54) is 0 Å². The highest BCUT2D eigenvalue weighted by Gasteiger charge is 2.11. The van der Waals surface area contributed by atoms with E-state index in [4.69, 9.17) is 16.0 Å². The van der Waals surface area contributed by atoms with Crippen molar-refractivity contribution in [3.8, 4) is 11.5 Å². The third kappa shape index (κ3) is 3.01. The van der Waals surface area contributed by atoms with Crippen molar-refractivity contribution in [1.82, 2.24) is 20.5 Å². The molecule has 2 heterocycles. The van der Waals surface area contributed by atoms with E-state index in [2.05, 4.69) is 27.4 Å². The van der Waals surface area contributed by atoms with Crippen molar-refractivity contribution in [2.24, 2.45) is 0 Å². The fraction of sp³-hybridized carbons (Fsp3) is 0.364. The predicted octanol–water partition coefficient (Wildman–Crippen LogP) is 2.28. The molecular formula is C11H13ClN4O. The molecule has 2 aromatic rings. The Kier molecular flexibility index (Phi) is 4.06. The summed E-state index contributed by atoms with van der Waals surface area (Å²) >= 11 is 5.99. The van der Waals surface area contributed by atoms with Crippen molar-refractivity contribution in [2.45, 2.75) is 19.9 Å². The first-order valence-electron chi connectivity index (χ1n) is 5.44. The number of hydrogen-bond acceptors (Lipinski definition) is 5. The standard InChI is InChI=1S/C11H13ClN4O/c1-2-4-13-7-10-15-16-11(17-10)8-3-5-14-6-9(8)12/h3,5-6,13H,2,4,7H2,1H3. The van der Waals surface area contributed by atoms with Crippen LogP contribution in [0.4, 0.5) is 0 Å². The Balaban J connectivity index is 2.10. The zero-order chi connectivity index (χ0) is 12.1. The molecule has 0 aliphatic rings. The SMILES string of the molecule is CCCNCc1nnc(-c2ccncc2Cl)o1. The summed E-state index contributed by atoms with van der Waals surface area (Å²) in [6.07, 6.45) is 4.26. The molecule has 0 radical (unpaired) electrons. The molecule has 1 N–H and O–H groups in total. The molecule has 0 bridgehead atoms. The van der Waals surface area contributed by atoms with E-state index in [1.807, 2.05) is 0 Å². The topological polar surface area (TPSA) is 63.8 Å². The molecule has 0 aliphatic carbocycles. The second-order valence-electron chi connectivity index (χ2n) is 3.53. The van der Waals surface area contributed by atoms with Crippen molar-refractivity contribution >= 4 is 11.6 Å². The average Bonchev–Trinajstić information content (AvgIpc) is 2.79. The van der Waals surface area contributed by atoms with Gasteiger partial charge in [0.25, 0.3) is 0 Å². The second kappa shape index (κ2) is 5.75.